The number of benzene rings is 1. The second-order valence-corrected chi connectivity index (χ2v) is 9.33. The molecular formula is C25H23N3O. The highest BCUT2D eigenvalue weighted by Crippen LogP contribution is 2.66. The molecule has 4 nitrogen and oxygen atoms in total. The van der Waals surface area contributed by atoms with Crippen molar-refractivity contribution in [1.82, 2.24) is 14.4 Å². The SMILES string of the molecule is CC12CCC(c3c1n1cc(-c4ccccc4)c4ncccc4c1nc3=O)C2(C)C. The van der Waals surface area contributed by atoms with Gasteiger partial charge in [-0.05, 0) is 41.9 Å². The summed E-state index contributed by atoms with van der Waals surface area (Å²) in [5.41, 5.74) is 5.86. The number of hydrogen-bond acceptors (Lipinski definition) is 3. The zero-order chi connectivity index (χ0) is 20.0. The van der Waals surface area contributed by atoms with Crippen molar-refractivity contribution in [1.29, 1.82) is 0 Å². The maximum Gasteiger partial charge on any atom is 0.277 e. The summed E-state index contributed by atoms with van der Waals surface area (Å²) in [5, 5.41) is 0.929. The van der Waals surface area contributed by atoms with E-state index in [0.29, 0.717) is 0 Å². The summed E-state index contributed by atoms with van der Waals surface area (Å²) in [4.78, 5) is 22.5. The molecule has 144 valence electrons. The summed E-state index contributed by atoms with van der Waals surface area (Å²) >= 11 is 0. The Bertz CT molecular complexity index is 1370. The molecule has 1 aromatic carbocycles. The monoisotopic (exact) mass is 381 g/mol. The zero-order valence-corrected chi connectivity index (χ0v) is 16.9. The molecule has 6 rings (SSSR count). The highest BCUT2D eigenvalue weighted by molar-refractivity contribution is 6.00. The number of pyridine rings is 2. The van der Waals surface area contributed by atoms with E-state index in [1.54, 1.807) is 0 Å². The van der Waals surface area contributed by atoms with Gasteiger partial charge in [0.2, 0.25) is 0 Å². The van der Waals surface area contributed by atoms with Crippen LogP contribution in [-0.2, 0) is 5.41 Å². The van der Waals surface area contributed by atoms with E-state index in [0.717, 1.165) is 51.8 Å². The predicted octanol–water partition coefficient (Wildman–Crippen LogP) is 5.08. The molecular weight excluding hydrogens is 358 g/mol. The predicted molar refractivity (Wildman–Crippen MR) is 115 cm³/mol. The van der Waals surface area contributed by atoms with Gasteiger partial charge in [0.15, 0.2) is 5.65 Å². The molecule has 4 aromatic rings. The van der Waals surface area contributed by atoms with E-state index in [9.17, 15) is 4.79 Å². The molecule has 1 saturated carbocycles. The van der Waals surface area contributed by atoms with Crippen LogP contribution >= 0.6 is 0 Å². The minimum atomic E-state index is -0.0564. The van der Waals surface area contributed by atoms with Crippen LogP contribution in [0.3, 0.4) is 0 Å². The number of fused-ring (bicyclic) bond motifs is 9. The molecule has 1 fully saturated rings. The third-order valence-electron chi connectivity index (χ3n) is 7.91. The van der Waals surface area contributed by atoms with Crippen molar-refractivity contribution in [3.8, 4) is 11.1 Å². The van der Waals surface area contributed by atoms with E-state index in [1.165, 1.54) is 0 Å². The molecule has 29 heavy (non-hydrogen) atoms. The van der Waals surface area contributed by atoms with E-state index in [1.807, 2.05) is 24.4 Å². The lowest BCUT2D eigenvalue weighted by molar-refractivity contribution is 0.226. The molecule has 0 aliphatic heterocycles. The highest BCUT2D eigenvalue weighted by atomic mass is 16.1. The summed E-state index contributed by atoms with van der Waals surface area (Å²) in [6, 6.07) is 14.3. The minimum absolute atomic E-state index is 0.0398. The Morgan fingerprint density at radius 2 is 1.86 bits per heavy atom. The lowest BCUT2D eigenvalue weighted by atomic mass is 9.70. The van der Waals surface area contributed by atoms with E-state index >= 15 is 0 Å². The van der Waals surface area contributed by atoms with Crippen molar-refractivity contribution < 1.29 is 0 Å². The molecule has 0 saturated heterocycles. The van der Waals surface area contributed by atoms with Gasteiger partial charge in [0.1, 0.15) is 0 Å². The van der Waals surface area contributed by atoms with Gasteiger partial charge in [-0.3, -0.25) is 9.78 Å². The zero-order valence-electron chi connectivity index (χ0n) is 16.9. The molecule has 2 unspecified atom stereocenters. The Labute approximate surface area is 169 Å². The topological polar surface area (TPSA) is 47.3 Å². The van der Waals surface area contributed by atoms with Gasteiger partial charge in [-0.25, -0.2) is 0 Å². The van der Waals surface area contributed by atoms with E-state index in [2.05, 4.69) is 65.6 Å². The van der Waals surface area contributed by atoms with Crippen LogP contribution in [-0.4, -0.2) is 14.4 Å². The molecule has 0 radical (unpaired) electrons. The average Bonchev–Trinajstić information content (AvgIpc) is 3.07. The van der Waals surface area contributed by atoms with Crippen molar-refractivity contribution >= 4 is 16.6 Å². The molecule has 4 heteroatoms. The van der Waals surface area contributed by atoms with Crippen LogP contribution in [0.1, 0.15) is 50.8 Å². The fraction of sp³-hybridized carbons (Fsp3) is 0.320. The van der Waals surface area contributed by atoms with Crippen molar-refractivity contribution in [2.24, 2.45) is 5.41 Å². The van der Waals surface area contributed by atoms with E-state index < -0.39 is 0 Å². The quantitative estimate of drug-likeness (QED) is 0.432. The Morgan fingerprint density at radius 1 is 1.07 bits per heavy atom. The largest absolute Gasteiger partial charge is 0.303 e. The van der Waals surface area contributed by atoms with Crippen LogP contribution in [0.2, 0.25) is 0 Å². The molecule has 2 aliphatic carbocycles. The summed E-state index contributed by atoms with van der Waals surface area (Å²) in [5.74, 6) is 0.282. The first kappa shape index (κ1) is 16.9. The number of hydrogen-bond donors (Lipinski definition) is 0. The van der Waals surface area contributed by atoms with Gasteiger partial charge in [-0.1, -0.05) is 51.1 Å². The molecule has 0 N–H and O–H groups in total. The van der Waals surface area contributed by atoms with Crippen LogP contribution in [0.5, 0.6) is 0 Å². The molecule has 3 aromatic heterocycles. The standard InChI is InChI=1S/C25H23N3O/c1-24(2)18-11-12-25(24,3)21-19(18)23(29)27-22-16-10-7-13-26-20(16)17(14-28(21)22)15-8-5-4-6-9-15/h4-10,13-14,18H,11-12H2,1-3H3. The first-order valence-electron chi connectivity index (χ1n) is 10.3. The molecule has 2 bridgehead atoms. The normalized spacial score (nSPS) is 24.3. The number of rotatable bonds is 1. The second-order valence-electron chi connectivity index (χ2n) is 9.33. The Kier molecular flexibility index (Phi) is 3.10. The van der Waals surface area contributed by atoms with Crippen LogP contribution < -0.4 is 5.56 Å². The Morgan fingerprint density at radius 3 is 2.66 bits per heavy atom. The summed E-state index contributed by atoms with van der Waals surface area (Å²) in [7, 11) is 0. The van der Waals surface area contributed by atoms with Crippen molar-refractivity contribution in [3.63, 3.8) is 0 Å². The average molecular weight is 381 g/mol. The maximum atomic E-state index is 13.2. The maximum absolute atomic E-state index is 13.2. The lowest BCUT2D eigenvalue weighted by Gasteiger charge is -2.35. The smallest absolute Gasteiger partial charge is 0.277 e. The third-order valence-corrected chi connectivity index (χ3v) is 7.91. The highest BCUT2D eigenvalue weighted by Gasteiger charge is 2.61. The molecule has 0 amide bonds. The lowest BCUT2D eigenvalue weighted by Crippen LogP contribution is -2.33. The molecule has 0 spiro atoms. The van der Waals surface area contributed by atoms with Gasteiger partial charge in [0, 0.05) is 40.0 Å². The Hall–Kier alpha value is -3.01. The van der Waals surface area contributed by atoms with Gasteiger partial charge < -0.3 is 4.40 Å². The van der Waals surface area contributed by atoms with Crippen molar-refractivity contribution in [2.45, 2.75) is 44.9 Å². The summed E-state index contributed by atoms with van der Waals surface area (Å²) < 4.78 is 2.21. The second kappa shape index (κ2) is 5.32. The van der Waals surface area contributed by atoms with Crippen molar-refractivity contribution in [2.75, 3.05) is 0 Å². The van der Waals surface area contributed by atoms with E-state index in [-0.39, 0.29) is 22.3 Å². The molecule has 2 aliphatic rings. The molecule has 2 atom stereocenters. The number of aromatic nitrogens is 3. The third kappa shape index (κ3) is 1.92. The minimum Gasteiger partial charge on any atom is -0.303 e. The van der Waals surface area contributed by atoms with Crippen LogP contribution in [0.4, 0.5) is 0 Å². The van der Waals surface area contributed by atoms with E-state index in [4.69, 9.17) is 0 Å². The Balaban J connectivity index is 1.83. The van der Waals surface area contributed by atoms with Crippen molar-refractivity contribution in [3.05, 3.63) is 76.5 Å². The van der Waals surface area contributed by atoms with Gasteiger partial charge in [0.05, 0.1) is 5.52 Å². The van der Waals surface area contributed by atoms with Crippen LogP contribution in [0, 0.1) is 5.41 Å². The van der Waals surface area contributed by atoms with Crippen LogP contribution in [0.15, 0.2) is 59.7 Å². The first-order chi connectivity index (χ1) is 13.9. The van der Waals surface area contributed by atoms with Gasteiger partial charge in [-0.15, -0.1) is 0 Å². The summed E-state index contributed by atoms with van der Waals surface area (Å²) in [6.07, 6.45) is 6.14. The fourth-order valence-electron chi connectivity index (χ4n) is 5.99. The molecule has 3 heterocycles. The fourth-order valence-corrected chi connectivity index (χ4v) is 5.99. The first-order valence-corrected chi connectivity index (χ1v) is 10.3. The van der Waals surface area contributed by atoms with Crippen LogP contribution in [0.25, 0.3) is 27.7 Å². The number of nitrogens with zero attached hydrogens (tertiary/aromatic N) is 3. The summed E-state index contributed by atoms with van der Waals surface area (Å²) in [6.45, 7) is 6.97. The van der Waals surface area contributed by atoms with Gasteiger partial charge in [0.25, 0.3) is 5.56 Å². The van der Waals surface area contributed by atoms with Gasteiger partial charge in [-0.2, -0.15) is 4.98 Å². The van der Waals surface area contributed by atoms with Gasteiger partial charge >= 0.3 is 0 Å².